The van der Waals surface area contributed by atoms with Gasteiger partial charge in [0.25, 0.3) is 5.91 Å². The molecular weight excluding hydrogens is 247 g/mol. The van der Waals surface area contributed by atoms with E-state index in [0.717, 1.165) is 12.8 Å². The van der Waals surface area contributed by atoms with Crippen molar-refractivity contribution in [2.24, 2.45) is 16.3 Å². The second-order valence-electron chi connectivity index (χ2n) is 4.46. The minimum absolute atomic E-state index is 0. The van der Waals surface area contributed by atoms with Crippen LogP contribution in [0.3, 0.4) is 0 Å². The second-order valence-corrected chi connectivity index (χ2v) is 4.82. The van der Waals surface area contributed by atoms with Crippen molar-refractivity contribution in [3.63, 3.8) is 0 Å². The molecule has 0 bridgehead atoms. The molecule has 0 aliphatic carbocycles. The van der Waals surface area contributed by atoms with Crippen molar-refractivity contribution in [3.8, 4) is 0 Å². The smallest absolute Gasteiger partial charge is 0.742 e. The first kappa shape index (κ1) is 17.0. The van der Waals surface area contributed by atoms with Gasteiger partial charge in [-0.15, -0.1) is 0 Å². The van der Waals surface area contributed by atoms with Gasteiger partial charge in [-0.05, 0) is 24.4 Å². The number of carbonyl (C=O) groups is 2. The Hall–Kier alpha value is 0.0300. The minimum atomic E-state index is -1.05. The number of amides is 2. The molecule has 0 saturated heterocycles. The third kappa shape index (κ3) is 2.89. The zero-order chi connectivity index (χ0) is 12.5. The van der Waals surface area contributed by atoms with Gasteiger partial charge in [0.05, 0.1) is 0 Å². The van der Waals surface area contributed by atoms with E-state index < -0.39 is 11.3 Å². The zero-order valence-electron chi connectivity index (χ0n) is 11.1. The molecule has 90 valence electrons. The largest absolute Gasteiger partial charge is 1.00 e. The monoisotopic (exact) mass is 264 g/mol. The van der Waals surface area contributed by atoms with Crippen LogP contribution in [0.5, 0.6) is 0 Å². The number of carbonyl (C=O) groups excluding carboxylic acids is 2. The Kier molecular flexibility index (Phi) is 6.28. The van der Waals surface area contributed by atoms with Crippen LogP contribution in [-0.2, 0) is 22.2 Å². The summed E-state index contributed by atoms with van der Waals surface area (Å²) in [5.74, 6) is -0.660. The maximum Gasteiger partial charge on any atom is 1.00 e. The van der Waals surface area contributed by atoms with Crippen LogP contribution in [0.15, 0.2) is 4.99 Å². The van der Waals surface area contributed by atoms with Crippen LogP contribution in [0.4, 0.5) is 0 Å². The van der Waals surface area contributed by atoms with Crippen molar-refractivity contribution < 1.29 is 39.1 Å². The molecule has 0 aromatic carbocycles. The molecule has 0 N–H and O–H groups in total. The Morgan fingerprint density at radius 1 is 1.47 bits per heavy atom. The molecule has 6 heteroatoms. The summed E-state index contributed by atoms with van der Waals surface area (Å²) in [6.45, 7) is 5.61. The molecule has 17 heavy (non-hydrogen) atoms. The van der Waals surface area contributed by atoms with E-state index in [-0.39, 0.29) is 46.6 Å². The fourth-order valence-corrected chi connectivity index (χ4v) is 2.11. The van der Waals surface area contributed by atoms with Gasteiger partial charge in [-0.3, -0.25) is 9.59 Å². The van der Waals surface area contributed by atoms with Gasteiger partial charge in [-0.25, -0.2) is 4.99 Å². The van der Waals surface area contributed by atoms with Crippen LogP contribution in [-0.4, -0.2) is 28.9 Å². The van der Waals surface area contributed by atoms with Gasteiger partial charge in [0, 0.05) is 7.05 Å². The summed E-state index contributed by atoms with van der Waals surface area (Å²) in [5.41, 5.74) is -1.05. The second kappa shape index (κ2) is 6.27. The minimum Gasteiger partial charge on any atom is -0.742 e. The van der Waals surface area contributed by atoms with Crippen LogP contribution >= 0.6 is 0 Å². The summed E-state index contributed by atoms with van der Waals surface area (Å²) in [6, 6.07) is 0. The predicted octanol–water partition coefficient (Wildman–Crippen LogP) is -1.67. The number of amidine groups is 1. The molecule has 1 heterocycles. The summed E-state index contributed by atoms with van der Waals surface area (Å²) < 4.78 is 0. The third-order valence-corrected chi connectivity index (χ3v) is 3.75. The van der Waals surface area contributed by atoms with Gasteiger partial charge in [-0.2, -0.15) is 0 Å². The first-order chi connectivity index (χ1) is 7.35. The van der Waals surface area contributed by atoms with Gasteiger partial charge < -0.3 is 17.5 Å². The molecule has 2 atom stereocenters. The van der Waals surface area contributed by atoms with Crippen molar-refractivity contribution in [3.05, 3.63) is 0 Å². The standard InChI is InChI=1S/C11H18N2O2S.Na/c1-5-6-7(2)11(3)8(14)12-10(16)13(4)9(11)15;/h7H,5-6H2,1-4H3,(H,12,14,16);/q;+1/p-1. The van der Waals surface area contributed by atoms with Gasteiger partial charge in [-0.1, -0.05) is 20.3 Å². The number of rotatable bonds is 3. The van der Waals surface area contributed by atoms with Gasteiger partial charge in [0.2, 0.25) is 5.91 Å². The van der Waals surface area contributed by atoms with E-state index in [1.807, 2.05) is 13.8 Å². The van der Waals surface area contributed by atoms with Gasteiger partial charge in [0.15, 0.2) is 0 Å². The summed E-state index contributed by atoms with van der Waals surface area (Å²) >= 11 is 4.85. The summed E-state index contributed by atoms with van der Waals surface area (Å²) in [6.07, 6.45) is 1.76. The van der Waals surface area contributed by atoms with Crippen molar-refractivity contribution >= 4 is 29.6 Å². The molecule has 1 aliphatic rings. The topological polar surface area (TPSA) is 49.7 Å². The average Bonchev–Trinajstić information content (AvgIpc) is 2.24. The molecular formula is C11H17N2NaO2S. The predicted molar refractivity (Wildman–Crippen MR) is 64.8 cm³/mol. The normalized spacial score (nSPS) is 26.4. The van der Waals surface area contributed by atoms with E-state index in [1.165, 1.54) is 4.90 Å². The van der Waals surface area contributed by atoms with Crippen LogP contribution in [0.1, 0.15) is 33.6 Å². The van der Waals surface area contributed by atoms with E-state index >= 15 is 0 Å². The molecule has 0 aromatic heterocycles. The molecule has 0 saturated carbocycles. The molecule has 0 radical (unpaired) electrons. The Morgan fingerprint density at radius 2 is 2.00 bits per heavy atom. The SMILES string of the molecule is CCCC(C)C1(C)C(=O)N=C([S-])N(C)C1=O.[Na+]. The average molecular weight is 264 g/mol. The van der Waals surface area contributed by atoms with Crippen LogP contribution in [0.2, 0.25) is 0 Å². The molecule has 4 nitrogen and oxygen atoms in total. The van der Waals surface area contributed by atoms with Crippen LogP contribution < -0.4 is 29.6 Å². The number of hydrogen-bond acceptors (Lipinski definition) is 3. The van der Waals surface area contributed by atoms with Gasteiger partial charge in [0.1, 0.15) is 5.41 Å². The zero-order valence-corrected chi connectivity index (χ0v) is 13.9. The molecule has 0 spiro atoms. The molecule has 2 unspecified atom stereocenters. The van der Waals surface area contributed by atoms with Crippen molar-refractivity contribution in [2.45, 2.75) is 33.6 Å². The fourth-order valence-electron chi connectivity index (χ4n) is 1.95. The molecule has 0 aromatic rings. The first-order valence-electron chi connectivity index (χ1n) is 5.44. The van der Waals surface area contributed by atoms with Gasteiger partial charge >= 0.3 is 29.6 Å². The van der Waals surface area contributed by atoms with E-state index in [0.29, 0.717) is 0 Å². The molecule has 1 rings (SSSR count). The maximum absolute atomic E-state index is 12.1. The maximum atomic E-state index is 12.1. The number of nitrogens with zero attached hydrogens (tertiary/aromatic N) is 2. The van der Waals surface area contributed by atoms with Crippen LogP contribution in [0, 0.1) is 11.3 Å². The quantitative estimate of drug-likeness (QED) is 0.348. The number of hydrogen-bond donors (Lipinski definition) is 0. The van der Waals surface area contributed by atoms with E-state index in [9.17, 15) is 9.59 Å². The Labute approximate surface area is 130 Å². The Morgan fingerprint density at radius 3 is 2.47 bits per heavy atom. The van der Waals surface area contributed by atoms with Crippen molar-refractivity contribution in [1.29, 1.82) is 0 Å². The summed E-state index contributed by atoms with van der Waals surface area (Å²) in [7, 11) is 1.57. The number of aliphatic imine (C=N–C) groups is 1. The van der Waals surface area contributed by atoms with Crippen molar-refractivity contribution in [2.75, 3.05) is 7.05 Å². The Balaban J connectivity index is 0.00000256. The third-order valence-electron chi connectivity index (χ3n) is 3.38. The van der Waals surface area contributed by atoms with Crippen molar-refractivity contribution in [1.82, 2.24) is 4.90 Å². The fraction of sp³-hybridized carbons (Fsp3) is 0.727. The summed E-state index contributed by atoms with van der Waals surface area (Å²) in [4.78, 5) is 29.1. The van der Waals surface area contributed by atoms with E-state index in [4.69, 9.17) is 12.6 Å². The van der Waals surface area contributed by atoms with Crippen LogP contribution in [0.25, 0.3) is 0 Å². The Bertz CT molecular complexity index is 359. The first-order valence-corrected chi connectivity index (χ1v) is 5.84. The van der Waals surface area contributed by atoms with E-state index in [1.54, 1.807) is 14.0 Å². The molecule has 2 amide bonds. The summed E-state index contributed by atoms with van der Waals surface area (Å²) in [5, 5.41) is 0.0659. The molecule has 1 aliphatic heterocycles. The van der Waals surface area contributed by atoms with E-state index in [2.05, 4.69) is 4.99 Å². The molecule has 0 fully saturated rings.